The first-order chi connectivity index (χ1) is 8.70. The number of amides is 1. The van der Waals surface area contributed by atoms with Gasteiger partial charge in [0, 0.05) is 13.1 Å². The largest absolute Gasteiger partial charge is 0.378 e. The summed E-state index contributed by atoms with van der Waals surface area (Å²) in [6.07, 6.45) is 0. The Morgan fingerprint density at radius 2 is 1.78 bits per heavy atom. The van der Waals surface area contributed by atoms with Crippen LogP contribution in [-0.2, 0) is 9.53 Å². The molecular weight excluding hydrogens is 362 g/mol. The number of hydrogen-bond donors (Lipinski definition) is 0. The van der Waals surface area contributed by atoms with Gasteiger partial charge in [0.05, 0.1) is 18.0 Å². The van der Waals surface area contributed by atoms with Crippen LogP contribution in [0.2, 0.25) is 0 Å². The van der Waals surface area contributed by atoms with E-state index in [9.17, 15) is 4.79 Å². The number of rotatable bonds is 3. The molecule has 1 saturated heterocycles. The van der Waals surface area contributed by atoms with Crippen LogP contribution >= 0.6 is 31.9 Å². The third kappa shape index (κ3) is 3.33. The van der Waals surface area contributed by atoms with E-state index < -0.39 is 0 Å². The Bertz CT molecular complexity index is 393. The van der Waals surface area contributed by atoms with Crippen molar-refractivity contribution in [2.75, 3.05) is 26.3 Å². The molecule has 0 aromatic heterocycles. The first-order valence-corrected chi connectivity index (χ1v) is 7.73. The van der Waals surface area contributed by atoms with E-state index >= 15 is 0 Å². The van der Waals surface area contributed by atoms with E-state index in [1.165, 1.54) is 0 Å². The van der Waals surface area contributed by atoms with Crippen molar-refractivity contribution < 1.29 is 9.53 Å². The smallest absolute Gasteiger partial charge is 0.238 e. The van der Waals surface area contributed by atoms with Gasteiger partial charge in [0.1, 0.15) is 4.83 Å². The topological polar surface area (TPSA) is 29.5 Å². The minimum absolute atomic E-state index is 0.0194. The Labute approximate surface area is 124 Å². The van der Waals surface area contributed by atoms with E-state index in [1.807, 2.05) is 35.2 Å². The van der Waals surface area contributed by atoms with E-state index in [0.717, 1.165) is 5.56 Å². The summed E-state index contributed by atoms with van der Waals surface area (Å²) >= 11 is 7.09. The predicted octanol–water partition coefficient (Wildman–Crippen LogP) is 2.74. The fraction of sp³-hybridized carbons (Fsp3) is 0.462. The summed E-state index contributed by atoms with van der Waals surface area (Å²) < 4.78 is 5.25. The molecule has 1 heterocycles. The highest BCUT2D eigenvalue weighted by atomic mass is 79.9. The Hall–Kier alpha value is -0.390. The van der Waals surface area contributed by atoms with E-state index in [4.69, 9.17) is 4.74 Å². The zero-order chi connectivity index (χ0) is 13.0. The average Bonchev–Trinajstić information content (AvgIpc) is 2.47. The molecule has 3 nitrogen and oxygen atoms in total. The molecule has 18 heavy (non-hydrogen) atoms. The lowest BCUT2D eigenvalue weighted by Crippen LogP contribution is -2.44. The molecule has 1 aliphatic heterocycles. The molecule has 98 valence electrons. The minimum Gasteiger partial charge on any atom is -0.378 e. The Morgan fingerprint density at radius 3 is 2.39 bits per heavy atom. The van der Waals surface area contributed by atoms with Crippen molar-refractivity contribution in [1.29, 1.82) is 0 Å². The van der Waals surface area contributed by atoms with Crippen LogP contribution in [0.15, 0.2) is 30.3 Å². The van der Waals surface area contributed by atoms with Gasteiger partial charge in [-0.25, -0.2) is 0 Å². The molecule has 5 heteroatoms. The summed E-state index contributed by atoms with van der Waals surface area (Å²) in [4.78, 5) is 13.9. The predicted molar refractivity (Wildman–Crippen MR) is 78.2 cm³/mol. The maximum absolute atomic E-state index is 12.3. The number of alkyl halides is 2. The molecule has 2 rings (SSSR count). The molecule has 0 spiro atoms. The second-order valence-electron chi connectivity index (χ2n) is 4.15. The number of halogens is 2. The summed E-state index contributed by atoms with van der Waals surface area (Å²) in [5.74, 6) is 0.115. The van der Waals surface area contributed by atoms with Crippen LogP contribution in [0.5, 0.6) is 0 Å². The number of carbonyl (C=O) groups excluding carboxylic acids is 1. The Morgan fingerprint density at radius 1 is 1.17 bits per heavy atom. The molecule has 1 aromatic carbocycles. The lowest BCUT2D eigenvalue weighted by Gasteiger charge is -2.30. The molecule has 1 amide bonds. The van der Waals surface area contributed by atoms with Crippen LogP contribution in [0.3, 0.4) is 0 Å². The van der Waals surface area contributed by atoms with Crippen molar-refractivity contribution in [3.63, 3.8) is 0 Å². The molecule has 0 bridgehead atoms. The third-order valence-electron chi connectivity index (χ3n) is 2.93. The minimum atomic E-state index is -0.252. The molecule has 0 N–H and O–H groups in total. The molecule has 2 atom stereocenters. The summed E-state index contributed by atoms with van der Waals surface area (Å²) in [5.41, 5.74) is 1.10. The lowest BCUT2D eigenvalue weighted by atomic mass is 10.1. The number of ether oxygens (including phenoxy) is 1. The van der Waals surface area contributed by atoms with Gasteiger partial charge in [-0.2, -0.15) is 0 Å². The molecule has 0 radical (unpaired) electrons. The Kier molecular flexibility index (Phi) is 5.21. The molecule has 1 aliphatic rings. The van der Waals surface area contributed by atoms with Crippen LogP contribution in [0.1, 0.15) is 10.4 Å². The summed E-state index contributed by atoms with van der Waals surface area (Å²) in [6, 6.07) is 9.95. The van der Waals surface area contributed by atoms with Gasteiger partial charge in [-0.3, -0.25) is 4.79 Å². The Balaban J connectivity index is 2.01. The van der Waals surface area contributed by atoms with Gasteiger partial charge in [-0.15, -0.1) is 0 Å². The van der Waals surface area contributed by atoms with E-state index in [2.05, 4.69) is 31.9 Å². The van der Waals surface area contributed by atoms with Crippen molar-refractivity contribution in [2.45, 2.75) is 9.65 Å². The van der Waals surface area contributed by atoms with E-state index in [1.54, 1.807) is 0 Å². The van der Waals surface area contributed by atoms with Gasteiger partial charge in [0.15, 0.2) is 0 Å². The van der Waals surface area contributed by atoms with Crippen molar-refractivity contribution in [3.05, 3.63) is 35.9 Å². The molecule has 0 aliphatic carbocycles. The summed E-state index contributed by atoms with van der Waals surface area (Å²) in [6.45, 7) is 2.61. The van der Waals surface area contributed by atoms with Crippen LogP contribution in [0.4, 0.5) is 0 Å². The summed E-state index contributed by atoms with van der Waals surface area (Å²) in [7, 11) is 0. The second-order valence-corrected chi connectivity index (χ2v) is 6.12. The van der Waals surface area contributed by atoms with Crippen molar-refractivity contribution in [1.82, 2.24) is 4.90 Å². The standard InChI is InChI=1S/C13H15Br2NO2/c14-11(10-4-2-1-3-5-10)12(15)13(17)16-6-8-18-9-7-16/h1-5,11-12H,6-9H2. The monoisotopic (exact) mass is 375 g/mol. The fourth-order valence-corrected chi connectivity index (χ4v) is 3.02. The number of carbonyl (C=O) groups is 1. The van der Waals surface area contributed by atoms with Crippen molar-refractivity contribution in [2.24, 2.45) is 0 Å². The normalized spacial score (nSPS) is 19.3. The zero-order valence-electron chi connectivity index (χ0n) is 9.89. The fourth-order valence-electron chi connectivity index (χ4n) is 1.89. The molecule has 1 fully saturated rings. The van der Waals surface area contributed by atoms with E-state index in [-0.39, 0.29) is 15.6 Å². The maximum atomic E-state index is 12.3. The highest BCUT2D eigenvalue weighted by Crippen LogP contribution is 2.32. The lowest BCUT2D eigenvalue weighted by molar-refractivity contribution is -0.134. The van der Waals surface area contributed by atoms with Gasteiger partial charge in [0.25, 0.3) is 0 Å². The molecule has 2 unspecified atom stereocenters. The van der Waals surface area contributed by atoms with E-state index in [0.29, 0.717) is 26.3 Å². The van der Waals surface area contributed by atoms with Crippen LogP contribution in [0.25, 0.3) is 0 Å². The van der Waals surface area contributed by atoms with Crippen LogP contribution < -0.4 is 0 Å². The second kappa shape index (κ2) is 6.68. The third-order valence-corrected chi connectivity index (χ3v) is 5.62. The first-order valence-electron chi connectivity index (χ1n) is 5.90. The first kappa shape index (κ1) is 14.0. The van der Waals surface area contributed by atoms with Gasteiger partial charge < -0.3 is 9.64 Å². The van der Waals surface area contributed by atoms with Gasteiger partial charge >= 0.3 is 0 Å². The quantitative estimate of drug-likeness (QED) is 0.759. The van der Waals surface area contributed by atoms with Crippen molar-refractivity contribution >= 4 is 37.8 Å². The highest BCUT2D eigenvalue weighted by molar-refractivity contribution is 9.12. The van der Waals surface area contributed by atoms with Crippen molar-refractivity contribution in [3.8, 4) is 0 Å². The average molecular weight is 377 g/mol. The van der Waals surface area contributed by atoms with Gasteiger partial charge in [-0.1, -0.05) is 62.2 Å². The molecular formula is C13H15Br2NO2. The maximum Gasteiger partial charge on any atom is 0.238 e. The molecule has 1 aromatic rings. The van der Waals surface area contributed by atoms with Crippen LogP contribution in [-0.4, -0.2) is 41.9 Å². The number of hydrogen-bond acceptors (Lipinski definition) is 2. The zero-order valence-corrected chi connectivity index (χ0v) is 13.1. The SMILES string of the molecule is O=C(C(Br)C(Br)c1ccccc1)N1CCOCC1. The van der Waals surface area contributed by atoms with Gasteiger partial charge in [-0.05, 0) is 5.56 Å². The number of nitrogens with zero attached hydrogens (tertiary/aromatic N) is 1. The highest BCUT2D eigenvalue weighted by Gasteiger charge is 2.29. The van der Waals surface area contributed by atoms with Gasteiger partial charge in [0.2, 0.25) is 5.91 Å². The van der Waals surface area contributed by atoms with Crippen LogP contribution in [0, 0.1) is 0 Å². The summed E-state index contributed by atoms with van der Waals surface area (Å²) in [5, 5.41) is 0. The number of benzene rings is 1. The molecule has 0 saturated carbocycles. The number of morpholine rings is 1.